The Hall–Kier alpha value is -3.55. The molecule has 3 aromatic rings. The molecule has 1 aromatic carbocycles. The van der Waals surface area contributed by atoms with Crippen LogP contribution in [0.4, 0.5) is 0 Å². The minimum absolute atomic E-state index is 0.157. The third-order valence-corrected chi connectivity index (χ3v) is 4.54. The van der Waals surface area contributed by atoms with Gasteiger partial charge < -0.3 is 9.64 Å². The van der Waals surface area contributed by atoms with E-state index < -0.39 is 0 Å². The molecule has 0 saturated carbocycles. The van der Waals surface area contributed by atoms with Crippen molar-refractivity contribution < 1.29 is 9.53 Å². The van der Waals surface area contributed by atoms with Gasteiger partial charge in [-0.2, -0.15) is 5.10 Å². The van der Waals surface area contributed by atoms with Gasteiger partial charge in [-0.05, 0) is 19.1 Å². The predicted molar refractivity (Wildman–Crippen MR) is 102 cm³/mol. The van der Waals surface area contributed by atoms with Crippen LogP contribution < -0.4 is 10.3 Å². The lowest BCUT2D eigenvalue weighted by Crippen LogP contribution is -2.53. The largest absolute Gasteiger partial charge is 0.477 e. The number of hydrogen-bond acceptors (Lipinski definition) is 6. The molecule has 8 heteroatoms. The van der Waals surface area contributed by atoms with E-state index in [9.17, 15) is 9.59 Å². The highest BCUT2D eigenvalue weighted by Gasteiger charge is 2.34. The molecule has 0 spiro atoms. The molecule has 0 unspecified atom stereocenters. The number of amides is 1. The van der Waals surface area contributed by atoms with Crippen molar-refractivity contribution in [2.45, 2.75) is 13.0 Å². The summed E-state index contributed by atoms with van der Waals surface area (Å²) in [6, 6.07) is 15.9. The molecule has 8 nitrogen and oxygen atoms in total. The van der Waals surface area contributed by atoms with Crippen molar-refractivity contribution >= 4 is 5.91 Å². The summed E-state index contributed by atoms with van der Waals surface area (Å²) in [6.45, 7) is 3.14. The van der Waals surface area contributed by atoms with Crippen molar-refractivity contribution in [1.82, 2.24) is 24.9 Å². The third-order valence-electron chi connectivity index (χ3n) is 4.54. The van der Waals surface area contributed by atoms with Crippen LogP contribution in [-0.4, -0.2) is 50.5 Å². The number of likely N-dealkylation sites (tertiary alicyclic amines) is 1. The molecule has 4 rings (SSSR count). The van der Waals surface area contributed by atoms with Crippen molar-refractivity contribution in [3.63, 3.8) is 0 Å². The molecule has 142 valence electrons. The summed E-state index contributed by atoms with van der Waals surface area (Å²) in [7, 11) is 0. The average Bonchev–Trinajstić information content (AvgIpc) is 2.69. The Morgan fingerprint density at radius 1 is 1.07 bits per heavy atom. The highest BCUT2D eigenvalue weighted by Crippen LogP contribution is 2.22. The van der Waals surface area contributed by atoms with E-state index in [2.05, 4.69) is 15.3 Å². The Balaban J connectivity index is 1.46. The Bertz CT molecular complexity index is 1030. The molecular formula is C20H19N5O3. The fourth-order valence-electron chi connectivity index (χ4n) is 3.05. The topological polar surface area (TPSA) is 90.2 Å². The van der Waals surface area contributed by atoms with Gasteiger partial charge in [0.25, 0.3) is 11.5 Å². The van der Waals surface area contributed by atoms with E-state index in [4.69, 9.17) is 4.74 Å². The summed E-state index contributed by atoms with van der Waals surface area (Å²) < 4.78 is 6.69. The zero-order chi connectivity index (χ0) is 19.5. The van der Waals surface area contributed by atoms with Crippen LogP contribution in [0.25, 0.3) is 11.3 Å². The summed E-state index contributed by atoms with van der Waals surface area (Å²) in [6.07, 6.45) is 0. The number of benzene rings is 1. The minimum Gasteiger partial charge on any atom is -0.477 e. The molecule has 28 heavy (non-hydrogen) atoms. The maximum Gasteiger partial charge on any atom is 0.274 e. The van der Waals surface area contributed by atoms with Crippen molar-refractivity contribution in [3.05, 3.63) is 70.6 Å². The van der Waals surface area contributed by atoms with Gasteiger partial charge in [-0.15, -0.1) is 10.2 Å². The van der Waals surface area contributed by atoms with Crippen molar-refractivity contribution in [1.29, 1.82) is 0 Å². The van der Waals surface area contributed by atoms with Crippen LogP contribution in [0.1, 0.15) is 23.5 Å². The fourth-order valence-corrected chi connectivity index (χ4v) is 3.05. The Morgan fingerprint density at radius 2 is 1.86 bits per heavy atom. The van der Waals surface area contributed by atoms with E-state index in [1.165, 1.54) is 10.7 Å². The van der Waals surface area contributed by atoms with E-state index in [1.807, 2.05) is 37.3 Å². The zero-order valence-corrected chi connectivity index (χ0v) is 15.4. The van der Waals surface area contributed by atoms with Crippen molar-refractivity contribution in [2.24, 2.45) is 0 Å². The van der Waals surface area contributed by atoms with Gasteiger partial charge in [0.05, 0.1) is 18.3 Å². The first kappa shape index (κ1) is 17.8. The van der Waals surface area contributed by atoms with Crippen LogP contribution >= 0.6 is 0 Å². The molecule has 0 N–H and O–H groups in total. The third kappa shape index (κ3) is 3.48. The Kier molecular flexibility index (Phi) is 4.84. The first-order valence-electron chi connectivity index (χ1n) is 9.07. The van der Waals surface area contributed by atoms with Crippen LogP contribution in [-0.2, 0) is 0 Å². The molecule has 1 aliphatic heterocycles. The van der Waals surface area contributed by atoms with E-state index in [0.29, 0.717) is 25.6 Å². The molecule has 0 atom stereocenters. The van der Waals surface area contributed by atoms with E-state index in [1.54, 1.807) is 23.1 Å². The number of ether oxygens (including phenoxy) is 1. The van der Waals surface area contributed by atoms with E-state index >= 15 is 0 Å². The smallest absolute Gasteiger partial charge is 0.274 e. The molecular weight excluding hydrogens is 358 g/mol. The molecule has 1 amide bonds. The quantitative estimate of drug-likeness (QED) is 0.673. The first-order chi connectivity index (χ1) is 13.7. The minimum atomic E-state index is -0.223. The van der Waals surface area contributed by atoms with Crippen LogP contribution in [0, 0.1) is 0 Å². The average molecular weight is 377 g/mol. The molecule has 0 radical (unpaired) electrons. The lowest BCUT2D eigenvalue weighted by molar-refractivity contribution is 0.0486. The maximum atomic E-state index is 12.5. The fraction of sp³-hybridized carbons (Fsp3) is 0.250. The van der Waals surface area contributed by atoms with Gasteiger partial charge >= 0.3 is 0 Å². The summed E-state index contributed by atoms with van der Waals surface area (Å²) >= 11 is 0. The van der Waals surface area contributed by atoms with Crippen LogP contribution in [0.15, 0.2) is 59.4 Å². The zero-order valence-electron chi connectivity index (χ0n) is 15.4. The number of hydrogen-bond donors (Lipinski definition) is 0. The van der Waals surface area contributed by atoms with Crippen molar-refractivity contribution in [2.75, 3.05) is 19.7 Å². The number of nitrogens with zero attached hydrogens (tertiary/aromatic N) is 5. The maximum absolute atomic E-state index is 12.5. The SMILES string of the molecule is CCOc1ccc(C(=O)N2CC(n3nc(-c4ccccc4)ccc3=O)C2)nn1. The summed E-state index contributed by atoms with van der Waals surface area (Å²) in [4.78, 5) is 26.4. The van der Waals surface area contributed by atoms with E-state index in [-0.39, 0.29) is 23.2 Å². The predicted octanol–water partition coefficient (Wildman–Crippen LogP) is 1.80. The van der Waals surface area contributed by atoms with Crippen molar-refractivity contribution in [3.8, 4) is 17.1 Å². The van der Waals surface area contributed by atoms with Gasteiger partial charge in [0, 0.05) is 30.8 Å². The van der Waals surface area contributed by atoms with Gasteiger partial charge in [-0.1, -0.05) is 30.3 Å². The Morgan fingerprint density at radius 3 is 2.54 bits per heavy atom. The second-order valence-electron chi connectivity index (χ2n) is 6.42. The lowest BCUT2D eigenvalue weighted by Gasteiger charge is -2.39. The highest BCUT2D eigenvalue weighted by molar-refractivity contribution is 5.92. The van der Waals surface area contributed by atoms with E-state index in [0.717, 1.165) is 11.3 Å². The van der Waals surface area contributed by atoms with Gasteiger partial charge in [0.1, 0.15) is 0 Å². The van der Waals surface area contributed by atoms with Crippen LogP contribution in [0.3, 0.4) is 0 Å². The van der Waals surface area contributed by atoms with Gasteiger partial charge in [0.2, 0.25) is 5.88 Å². The number of aromatic nitrogens is 4. The molecule has 0 bridgehead atoms. The van der Waals surface area contributed by atoms with Crippen LogP contribution in [0.2, 0.25) is 0 Å². The summed E-state index contributed by atoms with van der Waals surface area (Å²) in [5.41, 5.74) is 1.73. The molecule has 2 aromatic heterocycles. The second-order valence-corrected chi connectivity index (χ2v) is 6.42. The monoisotopic (exact) mass is 377 g/mol. The van der Waals surface area contributed by atoms with Gasteiger partial charge in [-0.3, -0.25) is 9.59 Å². The molecule has 1 aliphatic rings. The molecule has 3 heterocycles. The van der Waals surface area contributed by atoms with Crippen LogP contribution in [0.5, 0.6) is 5.88 Å². The number of carbonyl (C=O) groups excluding carboxylic acids is 1. The lowest BCUT2D eigenvalue weighted by atomic mass is 10.1. The second kappa shape index (κ2) is 7.59. The number of carbonyl (C=O) groups is 1. The van der Waals surface area contributed by atoms with Gasteiger partial charge in [-0.25, -0.2) is 4.68 Å². The Labute approximate surface area is 161 Å². The summed E-state index contributed by atoms with van der Waals surface area (Å²) in [5.74, 6) is 0.160. The normalized spacial score (nSPS) is 13.8. The number of rotatable bonds is 5. The standard InChI is InChI=1S/C20H19N5O3/c1-2-28-18-10-8-17(21-22-18)20(27)24-12-15(13-24)25-19(26)11-9-16(23-25)14-6-4-3-5-7-14/h3-11,15H,2,12-13H2,1H3. The highest BCUT2D eigenvalue weighted by atomic mass is 16.5. The summed E-state index contributed by atoms with van der Waals surface area (Å²) in [5, 5.41) is 12.3. The molecule has 1 fully saturated rings. The molecule has 0 aliphatic carbocycles. The molecule has 1 saturated heterocycles. The first-order valence-corrected chi connectivity index (χ1v) is 9.07. The van der Waals surface area contributed by atoms with Gasteiger partial charge in [0.15, 0.2) is 5.69 Å².